The van der Waals surface area contributed by atoms with Crippen LogP contribution in [0.4, 0.5) is 87.8 Å². The van der Waals surface area contributed by atoms with Crippen molar-refractivity contribution >= 4 is 38.9 Å². The monoisotopic (exact) mass is 1300 g/mol. The van der Waals surface area contributed by atoms with Crippen LogP contribution in [0.15, 0.2) is 87.5 Å². The first-order valence-electron chi connectivity index (χ1n) is 25.3. The number of ether oxygens (including phenoxy) is 9. The van der Waals surface area contributed by atoms with Gasteiger partial charge in [-0.1, -0.05) is 36.4 Å². The lowest BCUT2D eigenvalue weighted by atomic mass is 9.12. The van der Waals surface area contributed by atoms with Gasteiger partial charge < -0.3 is 42.6 Å². The Morgan fingerprint density at radius 1 is 0.250 bits per heavy atom. The zero-order chi connectivity index (χ0) is 64.7. The van der Waals surface area contributed by atoms with Crippen molar-refractivity contribution in [2.45, 2.75) is 14.7 Å². The molecule has 0 atom stereocenters. The molecule has 9 nitrogen and oxygen atoms in total. The number of para-hydroxylation sites is 3. The summed E-state index contributed by atoms with van der Waals surface area (Å²) in [6.07, 6.45) is -7.22. The minimum atomic E-state index is -7.22. The second kappa shape index (κ2) is 31.8. The van der Waals surface area contributed by atoms with E-state index in [2.05, 4.69) is 18.2 Å². The third-order valence-electron chi connectivity index (χ3n) is 12.7. The number of hydrogen-bond donors (Lipinski definition) is 0. The van der Waals surface area contributed by atoms with Crippen molar-refractivity contribution in [3.05, 3.63) is 189 Å². The molecule has 7 aromatic rings. The lowest BCUT2D eigenvalue weighted by Crippen LogP contribution is -2.81. The first kappa shape index (κ1) is 69.8. The molecule has 0 amide bonds. The molecular weight excluding hydrogens is 1250 g/mol. The average Bonchev–Trinajstić information content (AvgIpc) is 0.703. The number of hydrogen-bond acceptors (Lipinski definition) is 9. The topological polar surface area (TPSA) is 83.1 Å². The first-order valence-corrected chi connectivity index (χ1v) is 26.6. The summed E-state index contributed by atoms with van der Waals surface area (Å²) in [6, 6.07) is 24.3. The van der Waals surface area contributed by atoms with Crippen molar-refractivity contribution < 1.29 is 130 Å². The van der Waals surface area contributed by atoms with E-state index in [1.165, 1.54) is 0 Å². The largest absolute Gasteiger partial charge is 0.486 e. The highest BCUT2D eigenvalue weighted by atomic mass is 32.2. The van der Waals surface area contributed by atoms with Crippen LogP contribution in [0.25, 0.3) is 0 Å². The number of benzene rings is 7. The molecule has 7 aromatic carbocycles. The SMILES string of the molecule is COCCOCCOc1ccccc1[S+](c1ccccc1OCCOCCOC)c1ccccc1OCCOCCOC.Fc1c(F)c(F)c([B-](c2c(F)c(F)c(F)c(F)c2F)(c2c(F)c(F)c(F)c(F)c2F)c2c(F)c(F)c(F)c(F)c2F)c(F)c1F. The maximum atomic E-state index is 15.4. The van der Waals surface area contributed by atoms with Gasteiger partial charge in [-0.15, -0.1) is 21.9 Å². The molecule has 0 spiro atoms. The zero-order valence-corrected chi connectivity index (χ0v) is 46.4. The van der Waals surface area contributed by atoms with Crippen LogP contribution < -0.4 is 36.1 Å². The van der Waals surface area contributed by atoms with Gasteiger partial charge in [0.2, 0.25) is 14.7 Å². The third kappa shape index (κ3) is 14.4. The van der Waals surface area contributed by atoms with E-state index in [1.807, 2.05) is 54.6 Å². The molecule has 0 heterocycles. The van der Waals surface area contributed by atoms with Gasteiger partial charge in [0, 0.05) is 21.3 Å². The standard InChI is InChI=1S/C33H45O9S.C24BF20/c1-34-16-19-37-22-25-40-28-10-4-7-13-31(28)43(32-14-8-5-11-29(32)41-26-23-38-20-17-35-2)33-15-9-6-12-30(33)42-27-24-39-21-18-36-3;26-5-1(6(27)14(35)21(42)13(5)34)25(2-7(28)15(36)22(43)16(37)8(2)29,3-9(30)17(38)23(44)18(39)10(3)31)4-11(32)19(40)24(45)20(41)12(4)33/h4-15H,16-27H2,1-3H3;/q+1;-1. The normalized spacial score (nSPS) is 11.6. The molecule has 0 aliphatic rings. The Kier molecular flexibility index (Phi) is 25.2. The second-order valence-corrected chi connectivity index (χ2v) is 19.7. The van der Waals surface area contributed by atoms with E-state index in [0.717, 1.165) is 31.9 Å². The van der Waals surface area contributed by atoms with Gasteiger partial charge in [-0.3, -0.25) is 0 Å². The lowest BCUT2D eigenvalue weighted by Gasteiger charge is -2.44. The van der Waals surface area contributed by atoms with Gasteiger partial charge in [-0.25, -0.2) is 87.8 Å². The van der Waals surface area contributed by atoms with Crippen LogP contribution in [-0.4, -0.2) is 107 Å². The van der Waals surface area contributed by atoms with Gasteiger partial charge in [-0.05, 0) is 36.4 Å². The summed E-state index contributed by atoms with van der Waals surface area (Å²) >= 11 is 0. The molecule has 0 saturated carbocycles. The summed E-state index contributed by atoms with van der Waals surface area (Å²) in [4.78, 5) is 3.04. The Labute approximate surface area is 489 Å². The minimum absolute atomic E-state index is 0.409. The fourth-order valence-corrected chi connectivity index (χ4v) is 11.1. The Morgan fingerprint density at radius 3 is 0.636 bits per heavy atom. The first-order chi connectivity index (χ1) is 42.0. The molecule has 0 unspecified atom stereocenters. The molecule has 0 radical (unpaired) electrons. The van der Waals surface area contributed by atoms with Gasteiger partial charge in [0.1, 0.15) is 83.4 Å². The highest BCUT2D eigenvalue weighted by Gasteiger charge is 2.52. The molecule has 476 valence electrons. The minimum Gasteiger partial charge on any atom is -0.486 e. The van der Waals surface area contributed by atoms with Gasteiger partial charge in [0.15, 0.2) is 87.1 Å². The summed E-state index contributed by atoms with van der Waals surface area (Å²) < 4.78 is 345. The van der Waals surface area contributed by atoms with Crippen LogP contribution in [0.5, 0.6) is 17.2 Å². The summed E-state index contributed by atoms with van der Waals surface area (Å²) in [5.74, 6) is -69.1. The summed E-state index contributed by atoms with van der Waals surface area (Å²) in [5, 5.41) is 0. The van der Waals surface area contributed by atoms with Gasteiger partial charge in [-0.2, -0.15) is 0 Å². The maximum Gasteiger partial charge on any atom is 0.208 e. The van der Waals surface area contributed by atoms with Crippen molar-refractivity contribution in [1.29, 1.82) is 0 Å². The number of methoxy groups -OCH3 is 3. The molecule has 0 saturated heterocycles. The molecule has 0 aliphatic heterocycles. The quantitative estimate of drug-likeness (QED) is 0.0119. The Hall–Kier alpha value is -7.29. The molecule has 0 bridgehead atoms. The van der Waals surface area contributed by atoms with Crippen LogP contribution >= 0.6 is 0 Å². The fourth-order valence-electron chi connectivity index (χ4n) is 8.81. The van der Waals surface area contributed by atoms with Gasteiger partial charge in [0.25, 0.3) is 0 Å². The van der Waals surface area contributed by atoms with Crippen molar-refractivity contribution in [3.63, 3.8) is 0 Å². The van der Waals surface area contributed by atoms with Crippen LogP contribution in [0, 0.1) is 116 Å². The van der Waals surface area contributed by atoms with Gasteiger partial charge in [0.05, 0.1) is 59.5 Å². The molecule has 7 rings (SSSR count). The lowest BCUT2D eigenvalue weighted by molar-refractivity contribution is 0.0537. The van der Waals surface area contributed by atoms with Crippen molar-refractivity contribution in [2.75, 3.05) is 101 Å². The zero-order valence-electron chi connectivity index (χ0n) is 45.6. The molecular formula is C57H45BF20O9S. The molecule has 88 heavy (non-hydrogen) atoms. The average molecular weight is 1300 g/mol. The predicted molar refractivity (Wildman–Crippen MR) is 275 cm³/mol. The molecule has 31 heteroatoms. The van der Waals surface area contributed by atoms with Gasteiger partial charge >= 0.3 is 0 Å². The molecule has 0 fully saturated rings. The highest BCUT2D eigenvalue weighted by molar-refractivity contribution is 7.97. The van der Waals surface area contributed by atoms with E-state index in [-0.39, 0.29) is 0 Å². The smallest absolute Gasteiger partial charge is 0.208 e. The summed E-state index contributed by atoms with van der Waals surface area (Å²) in [6.45, 7) is 5.78. The number of halogens is 20. The van der Waals surface area contributed by atoms with Crippen LogP contribution in [0.2, 0.25) is 0 Å². The predicted octanol–water partition coefficient (Wildman–Crippen LogP) is 10.8. The number of rotatable bonds is 28. The maximum absolute atomic E-state index is 15.4. The van der Waals surface area contributed by atoms with E-state index >= 15 is 35.1 Å². The van der Waals surface area contributed by atoms with Crippen molar-refractivity contribution in [3.8, 4) is 17.2 Å². The molecule has 0 N–H and O–H groups in total. The third-order valence-corrected chi connectivity index (χ3v) is 15.0. The van der Waals surface area contributed by atoms with Crippen LogP contribution in [0.3, 0.4) is 0 Å². The Bertz CT molecular complexity index is 3050. The van der Waals surface area contributed by atoms with E-state index < -0.39 is 155 Å². The van der Waals surface area contributed by atoms with E-state index in [0.29, 0.717) is 79.3 Å². The molecule has 0 aliphatic carbocycles. The summed E-state index contributed by atoms with van der Waals surface area (Å²) in [5.41, 5.74) is -14.3. The second-order valence-electron chi connectivity index (χ2n) is 17.8. The van der Waals surface area contributed by atoms with E-state index in [9.17, 15) is 52.7 Å². The van der Waals surface area contributed by atoms with Crippen LogP contribution in [-0.2, 0) is 39.3 Å². The highest BCUT2D eigenvalue weighted by Crippen LogP contribution is 2.44. The molecule has 0 aromatic heterocycles. The van der Waals surface area contributed by atoms with E-state index in [1.54, 1.807) is 21.3 Å². The summed E-state index contributed by atoms with van der Waals surface area (Å²) in [7, 11) is 4.33. The Balaban J connectivity index is 0.000000281. The Morgan fingerprint density at radius 2 is 0.432 bits per heavy atom. The van der Waals surface area contributed by atoms with Crippen LogP contribution in [0.1, 0.15) is 0 Å². The van der Waals surface area contributed by atoms with Crippen molar-refractivity contribution in [2.24, 2.45) is 0 Å². The van der Waals surface area contributed by atoms with E-state index in [4.69, 9.17) is 42.6 Å². The fraction of sp³-hybridized carbons (Fsp3) is 0.263. The van der Waals surface area contributed by atoms with Crippen molar-refractivity contribution in [1.82, 2.24) is 0 Å².